The van der Waals surface area contributed by atoms with E-state index in [2.05, 4.69) is 52.3 Å². The highest BCUT2D eigenvalue weighted by atomic mass is 19.1. The van der Waals surface area contributed by atoms with E-state index in [0.29, 0.717) is 12.0 Å². The van der Waals surface area contributed by atoms with Gasteiger partial charge in [-0.3, -0.25) is 19.7 Å². The topological polar surface area (TPSA) is 87.3 Å². The standard InChI is InChI=1S/C31H33F2N3O3/c1-20(35-29(37)17-21-15-26(32)18-27(33)16-21)31(39)36-30(38)19-34-28-13-11-25(12-14-28)24-9-7-23(8-10-24)22-5-3-2-4-6-22/h2-10,15-16,18,20,25,28,34H,11-14,17,19H2,1H3,(H,35,37)(H,36,38,39)/t20-,25?,28?/m0/s1. The number of benzene rings is 3. The Hall–Kier alpha value is -3.91. The number of rotatable bonds is 9. The molecule has 0 saturated heterocycles. The zero-order valence-corrected chi connectivity index (χ0v) is 21.9. The molecular weight excluding hydrogens is 500 g/mol. The molecular formula is C31H33F2N3O3. The minimum absolute atomic E-state index is 0.00389. The quantitative estimate of drug-likeness (QED) is 0.374. The highest BCUT2D eigenvalue weighted by molar-refractivity contribution is 5.99. The number of amides is 3. The molecule has 8 heteroatoms. The lowest BCUT2D eigenvalue weighted by atomic mass is 9.81. The predicted octanol–water partition coefficient (Wildman–Crippen LogP) is 4.64. The molecule has 0 radical (unpaired) electrons. The summed E-state index contributed by atoms with van der Waals surface area (Å²) in [4.78, 5) is 36.8. The van der Waals surface area contributed by atoms with E-state index in [-0.39, 0.29) is 24.6 Å². The molecule has 1 aliphatic carbocycles. The molecule has 0 heterocycles. The molecule has 1 aliphatic rings. The second-order valence-corrected chi connectivity index (χ2v) is 10.1. The number of carbonyl (C=O) groups is 3. The van der Waals surface area contributed by atoms with Crippen LogP contribution in [-0.2, 0) is 20.8 Å². The lowest BCUT2D eigenvalue weighted by Crippen LogP contribution is -2.49. The molecule has 39 heavy (non-hydrogen) atoms. The van der Waals surface area contributed by atoms with Gasteiger partial charge in [0.1, 0.15) is 17.7 Å². The van der Waals surface area contributed by atoms with Crippen LogP contribution in [0.2, 0.25) is 0 Å². The molecule has 0 unspecified atom stereocenters. The Morgan fingerprint density at radius 3 is 2.08 bits per heavy atom. The summed E-state index contributed by atoms with van der Waals surface area (Å²) in [5.41, 5.74) is 3.88. The predicted molar refractivity (Wildman–Crippen MR) is 146 cm³/mol. The molecule has 3 aromatic rings. The number of carbonyl (C=O) groups excluding carboxylic acids is 3. The Balaban J connectivity index is 1.15. The van der Waals surface area contributed by atoms with Crippen LogP contribution in [0.5, 0.6) is 0 Å². The van der Waals surface area contributed by atoms with Crippen LogP contribution < -0.4 is 16.0 Å². The van der Waals surface area contributed by atoms with Crippen LogP contribution in [0.15, 0.2) is 72.8 Å². The normalized spacial score (nSPS) is 17.7. The Labute approximate surface area is 227 Å². The van der Waals surface area contributed by atoms with Crippen molar-refractivity contribution in [1.82, 2.24) is 16.0 Å². The highest BCUT2D eigenvalue weighted by Gasteiger charge is 2.24. The Morgan fingerprint density at radius 2 is 1.44 bits per heavy atom. The van der Waals surface area contributed by atoms with Crippen molar-refractivity contribution in [2.24, 2.45) is 0 Å². The molecule has 1 fully saturated rings. The van der Waals surface area contributed by atoms with Gasteiger partial charge in [0.2, 0.25) is 17.7 Å². The van der Waals surface area contributed by atoms with Gasteiger partial charge >= 0.3 is 0 Å². The van der Waals surface area contributed by atoms with Gasteiger partial charge in [0.05, 0.1) is 13.0 Å². The van der Waals surface area contributed by atoms with Crippen molar-refractivity contribution in [3.8, 4) is 11.1 Å². The molecule has 0 spiro atoms. The first-order chi connectivity index (χ1) is 18.8. The first kappa shape index (κ1) is 28.1. The van der Waals surface area contributed by atoms with Crippen LogP contribution >= 0.6 is 0 Å². The van der Waals surface area contributed by atoms with Crippen LogP contribution in [0.4, 0.5) is 8.78 Å². The van der Waals surface area contributed by atoms with Gasteiger partial charge in [0, 0.05) is 12.1 Å². The van der Waals surface area contributed by atoms with Crippen LogP contribution in [0.25, 0.3) is 11.1 Å². The Morgan fingerprint density at radius 1 is 0.821 bits per heavy atom. The molecule has 6 nitrogen and oxygen atoms in total. The van der Waals surface area contributed by atoms with E-state index < -0.39 is 35.4 Å². The molecule has 0 aromatic heterocycles. The summed E-state index contributed by atoms with van der Waals surface area (Å²) in [6.07, 6.45) is 3.60. The lowest BCUT2D eigenvalue weighted by molar-refractivity contribution is -0.133. The third-order valence-corrected chi connectivity index (χ3v) is 7.09. The minimum Gasteiger partial charge on any atom is -0.344 e. The van der Waals surface area contributed by atoms with E-state index in [1.54, 1.807) is 0 Å². The van der Waals surface area contributed by atoms with Gasteiger partial charge < -0.3 is 10.6 Å². The SMILES string of the molecule is C[C@H](NC(=O)Cc1cc(F)cc(F)c1)C(=O)NC(=O)CNC1CCC(c2ccc(-c3ccccc3)cc2)CC1. The van der Waals surface area contributed by atoms with Gasteiger partial charge in [-0.15, -0.1) is 0 Å². The maximum atomic E-state index is 13.3. The molecule has 0 bridgehead atoms. The molecule has 4 rings (SSSR count). The van der Waals surface area contributed by atoms with Gasteiger partial charge in [-0.05, 0) is 72.9 Å². The summed E-state index contributed by atoms with van der Waals surface area (Å²) in [5.74, 6) is -2.80. The fourth-order valence-corrected chi connectivity index (χ4v) is 4.99. The number of hydrogen-bond acceptors (Lipinski definition) is 4. The fourth-order valence-electron chi connectivity index (χ4n) is 4.99. The third-order valence-electron chi connectivity index (χ3n) is 7.09. The summed E-state index contributed by atoms with van der Waals surface area (Å²) in [5, 5.41) is 7.96. The zero-order valence-electron chi connectivity index (χ0n) is 21.9. The molecule has 3 aromatic carbocycles. The average molecular weight is 534 g/mol. The number of halogens is 2. The summed E-state index contributed by atoms with van der Waals surface area (Å²) in [6, 6.07) is 21.1. The molecule has 3 amide bonds. The van der Waals surface area contributed by atoms with Crippen molar-refractivity contribution in [2.45, 2.75) is 57.0 Å². The summed E-state index contributed by atoms with van der Waals surface area (Å²) < 4.78 is 26.6. The molecule has 3 N–H and O–H groups in total. The van der Waals surface area contributed by atoms with Gasteiger partial charge in [-0.2, -0.15) is 0 Å². The van der Waals surface area contributed by atoms with Crippen molar-refractivity contribution in [1.29, 1.82) is 0 Å². The Bertz CT molecular complexity index is 1270. The smallest absolute Gasteiger partial charge is 0.248 e. The van der Waals surface area contributed by atoms with Crippen LogP contribution in [0, 0.1) is 11.6 Å². The minimum atomic E-state index is -0.983. The Kier molecular flexibility index (Phi) is 9.54. The van der Waals surface area contributed by atoms with E-state index in [1.807, 2.05) is 18.2 Å². The van der Waals surface area contributed by atoms with Crippen molar-refractivity contribution in [2.75, 3.05) is 6.54 Å². The first-order valence-electron chi connectivity index (χ1n) is 13.2. The third kappa shape index (κ3) is 8.29. The van der Waals surface area contributed by atoms with Gasteiger partial charge in [-0.25, -0.2) is 8.78 Å². The second kappa shape index (κ2) is 13.2. The lowest BCUT2D eigenvalue weighted by Gasteiger charge is -2.29. The zero-order chi connectivity index (χ0) is 27.8. The second-order valence-electron chi connectivity index (χ2n) is 10.1. The highest BCUT2D eigenvalue weighted by Crippen LogP contribution is 2.33. The monoisotopic (exact) mass is 533 g/mol. The fraction of sp³-hybridized carbons (Fsp3) is 0.323. The van der Waals surface area contributed by atoms with E-state index in [0.717, 1.165) is 37.8 Å². The maximum absolute atomic E-state index is 13.3. The molecule has 0 aliphatic heterocycles. The van der Waals surface area contributed by atoms with Crippen LogP contribution in [0.3, 0.4) is 0 Å². The van der Waals surface area contributed by atoms with Crippen molar-refractivity contribution < 1.29 is 23.2 Å². The number of nitrogens with one attached hydrogen (secondary N) is 3. The number of hydrogen-bond donors (Lipinski definition) is 3. The summed E-state index contributed by atoms with van der Waals surface area (Å²) in [7, 11) is 0. The van der Waals surface area contributed by atoms with Gasteiger partial charge in [0.15, 0.2) is 0 Å². The number of imide groups is 1. The van der Waals surface area contributed by atoms with Crippen LogP contribution in [-0.4, -0.2) is 36.3 Å². The summed E-state index contributed by atoms with van der Waals surface area (Å²) in [6.45, 7) is 1.43. The first-order valence-corrected chi connectivity index (χ1v) is 13.2. The van der Waals surface area contributed by atoms with Crippen molar-refractivity contribution in [3.05, 3.63) is 95.6 Å². The van der Waals surface area contributed by atoms with E-state index in [4.69, 9.17) is 0 Å². The van der Waals surface area contributed by atoms with Gasteiger partial charge in [-0.1, -0.05) is 54.6 Å². The van der Waals surface area contributed by atoms with Crippen molar-refractivity contribution >= 4 is 17.7 Å². The largest absolute Gasteiger partial charge is 0.344 e. The van der Waals surface area contributed by atoms with E-state index in [1.165, 1.54) is 23.6 Å². The molecule has 1 saturated carbocycles. The van der Waals surface area contributed by atoms with E-state index in [9.17, 15) is 23.2 Å². The molecule has 204 valence electrons. The van der Waals surface area contributed by atoms with E-state index >= 15 is 0 Å². The maximum Gasteiger partial charge on any atom is 0.248 e. The average Bonchev–Trinajstić information content (AvgIpc) is 2.92. The molecule has 1 atom stereocenters. The van der Waals surface area contributed by atoms with Crippen LogP contribution in [0.1, 0.15) is 49.7 Å². The summed E-state index contributed by atoms with van der Waals surface area (Å²) >= 11 is 0. The van der Waals surface area contributed by atoms with Gasteiger partial charge in [0.25, 0.3) is 0 Å². The van der Waals surface area contributed by atoms with Crippen molar-refractivity contribution in [3.63, 3.8) is 0 Å².